The summed E-state index contributed by atoms with van der Waals surface area (Å²) in [6.07, 6.45) is 1.56. The average molecular weight is 549 g/mol. The van der Waals surface area contributed by atoms with Gasteiger partial charge in [0.1, 0.15) is 11.5 Å². The third kappa shape index (κ3) is 5.82. The van der Waals surface area contributed by atoms with Crippen LogP contribution in [-0.4, -0.2) is 29.1 Å². The molecular formula is C25H16Cl3NO5S. The largest absolute Gasteiger partial charge is 0.497 e. The Morgan fingerprint density at radius 3 is 2.34 bits per heavy atom. The number of carbonyl (C=O) groups excluding carboxylic acids is 3. The van der Waals surface area contributed by atoms with Crippen LogP contribution in [0.4, 0.5) is 4.79 Å². The average Bonchev–Trinajstić information content (AvgIpc) is 3.10. The van der Waals surface area contributed by atoms with Crippen LogP contribution in [0, 0.1) is 0 Å². The van der Waals surface area contributed by atoms with Gasteiger partial charge in [-0.2, -0.15) is 0 Å². The van der Waals surface area contributed by atoms with Crippen LogP contribution in [-0.2, 0) is 11.3 Å². The molecule has 0 radical (unpaired) electrons. The molecular weight excluding hydrogens is 533 g/mol. The highest BCUT2D eigenvalue weighted by Crippen LogP contribution is 2.35. The minimum Gasteiger partial charge on any atom is -0.497 e. The van der Waals surface area contributed by atoms with Crippen LogP contribution in [0.2, 0.25) is 15.1 Å². The van der Waals surface area contributed by atoms with E-state index in [1.165, 1.54) is 13.2 Å². The first-order valence-corrected chi connectivity index (χ1v) is 12.1. The Morgan fingerprint density at radius 1 is 0.943 bits per heavy atom. The summed E-state index contributed by atoms with van der Waals surface area (Å²) in [5.74, 6) is -0.231. The van der Waals surface area contributed by atoms with E-state index in [2.05, 4.69) is 0 Å². The summed E-state index contributed by atoms with van der Waals surface area (Å²) in [5, 5.41) is 0.507. The van der Waals surface area contributed by atoms with Gasteiger partial charge in [-0.3, -0.25) is 14.5 Å². The van der Waals surface area contributed by atoms with Gasteiger partial charge < -0.3 is 9.47 Å². The summed E-state index contributed by atoms with van der Waals surface area (Å²) < 4.78 is 10.5. The molecule has 2 amide bonds. The third-order valence-corrected chi connectivity index (χ3v) is 6.92. The Labute approximate surface area is 220 Å². The fourth-order valence-corrected chi connectivity index (χ4v) is 4.57. The van der Waals surface area contributed by atoms with Gasteiger partial charge in [-0.05, 0) is 77.5 Å². The maximum Gasteiger partial charge on any atom is 0.343 e. The Kier molecular flexibility index (Phi) is 7.72. The molecule has 1 fully saturated rings. The lowest BCUT2D eigenvalue weighted by Gasteiger charge is -2.13. The Morgan fingerprint density at radius 2 is 1.69 bits per heavy atom. The van der Waals surface area contributed by atoms with Crippen LogP contribution in [0.3, 0.4) is 0 Å². The van der Waals surface area contributed by atoms with Crippen molar-refractivity contribution >= 4 is 69.8 Å². The van der Waals surface area contributed by atoms with Gasteiger partial charge in [-0.15, -0.1) is 0 Å². The number of imide groups is 1. The van der Waals surface area contributed by atoms with Crippen LogP contribution >= 0.6 is 46.6 Å². The SMILES string of the molecule is COc1ccc(C(=O)Oc2ccc(/C=C3\SC(=O)N(Cc4ccc(Cl)c(Cl)c4)C3=O)cc2Cl)cc1. The number of esters is 1. The molecule has 6 nitrogen and oxygen atoms in total. The molecule has 0 aromatic heterocycles. The van der Waals surface area contributed by atoms with Crippen LogP contribution in [0.1, 0.15) is 21.5 Å². The second kappa shape index (κ2) is 10.7. The summed E-state index contributed by atoms with van der Waals surface area (Å²) in [4.78, 5) is 39.0. The van der Waals surface area contributed by atoms with Gasteiger partial charge in [0.2, 0.25) is 0 Å². The molecule has 3 aromatic rings. The van der Waals surface area contributed by atoms with Crippen LogP contribution in [0.25, 0.3) is 6.08 Å². The smallest absolute Gasteiger partial charge is 0.343 e. The number of benzene rings is 3. The van der Waals surface area contributed by atoms with Gasteiger partial charge in [0.05, 0.1) is 39.2 Å². The number of halogens is 3. The summed E-state index contributed by atoms with van der Waals surface area (Å²) in [6.45, 7) is 0.0693. The second-order valence-electron chi connectivity index (χ2n) is 7.32. The van der Waals surface area contributed by atoms with Crippen molar-refractivity contribution in [1.29, 1.82) is 0 Å². The quantitative estimate of drug-likeness (QED) is 0.186. The molecule has 0 N–H and O–H groups in total. The number of hydrogen-bond acceptors (Lipinski definition) is 6. The Hall–Kier alpha value is -2.97. The molecule has 0 spiro atoms. The molecule has 4 rings (SSSR count). The highest BCUT2D eigenvalue weighted by atomic mass is 35.5. The minimum atomic E-state index is -0.578. The molecule has 0 unspecified atom stereocenters. The lowest BCUT2D eigenvalue weighted by atomic mass is 10.2. The predicted octanol–water partition coefficient (Wildman–Crippen LogP) is 7.11. The Balaban J connectivity index is 1.46. The van der Waals surface area contributed by atoms with Crippen LogP contribution in [0.15, 0.2) is 65.6 Å². The Bertz CT molecular complexity index is 1360. The topological polar surface area (TPSA) is 72.9 Å². The fourth-order valence-electron chi connectivity index (χ4n) is 3.18. The van der Waals surface area contributed by atoms with Crippen molar-refractivity contribution in [2.45, 2.75) is 6.54 Å². The van der Waals surface area contributed by atoms with Crippen molar-refractivity contribution in [2.24, 2.45) is 0 Å². The van der Waals surface area contributed by atoms with Gasteiger partial charge >= 0.3 is 5.97 Å². The first-order valence-electron chi connectivity index (χ1n) is 10.1. The van der Waals surface area contributed by atoms with E-state index in [1.807, 2.05) is 0 Å². The van der Waals surface area contributed by atoms with E-state index in [9.17, 15) is 14.4 Å². The highest BCUT2D eigenvalue weighted by molar-refractivity contribution is 8.18. The lowest BCUT2D eigenvalue weighted by molar-refractivity contribution is -0.123. The first-order chi connectivity index (χ1) is 16.7. The number of ether oxygens (including phenoxy) is 2. The number of rotatable bonds is 6. The summed E-state index contributed by atoms with van der Waals surface area (Å²) >= 11 is 19.1. The van der Waals surface area contributed by atoms with Crippen molar-refractivity contribution < 1.29 is 23.9 Å². The van der Waals surface area contributed by atoms with Crippen molar-refractivity contribution in [3.05, 3.63) is 97.3 Å². The van der Waals surface area contributed by atoms with Gasteiger partial charge in [0.15, 0.2) is 0 Å². The van der Waals surface area contributed by atoms with Gasteiger partial charge in [0.25, 0.3) is 11.1 Å². The number of methoxy groups -OCH3 is 1. The third-order valence-electron chi connectivity index (χ3n) is 4.98. The maximum atomic E-state index is 12.8. The van der Waals surface area contributed by atoms with Crippen molar-refractivity contribution in [1.82, 2.24) is 4.90 Å². The lowest BCUT2D eigenvalue weighted by Crippen LogP contribution is -2.27. The minimum absolute atomic E-state index is 0.0693. The van der Waals surface area contributed by atoms with Crippen molar-refractivity contribution in [3.8, 4) is 11.5 Å². The molecule has 1 aliphatic rings. The molecule has 0 saturated carbocycles. The molecule has 1 aliphatic heterocycles. The number of amides is 2. The van der Waals surface area contributed by atoms with Crippen LogP contribution < -0.4 is 9.47 Å². The second-order valence-corrected chi connectivity index (χ2v) is 9.54. The maximum absolute atomic E-state index is 12.8. The highest BCUT2D eigenvalue weighted by Gasteiger charge is 2.35. The molecule has 3 aromatic carbocycles. The first kappa shape index (κ1) is 25.1. The zero-order valence-electron chi connectivity index (χ0n) is 18.1. The predicted molar refractivity (Wildman–Crippen MR) is 137 cm³/mol. The van der Waals surface area contributed by atoms with Gasteiger partial charge in [-0.25, -0.2) is 4.79 Å². The number of hydrogen-bond donors (Lipinski definition) is 0. The van der Waals surface area contributed by atoms with Crippen LogP contribution in [0.5, 0.6) is 11.5 Å². The summed E-state index contributed by atoms with van der Waals surface area (Å²) in [5.41, 5.74) is 1.58. The molecule has 0 atom stereocenters. The van der Waals surface area contributed by atoms with E-state index in [0.29, 0.717) is 32.5 Å². The van der Waals surface area contributed by atoms with Crippen molar-refractivity contribution in [2.75, 3.05) is 7.11 Å². The van der Waals surface area contributed by atoms with E-state index in [4.69, 9.17) is 44.3 Å². The van der Waals surface area contributed by atoms with Crippen molar-refractivity contribution in [3.63, 3.8) is 0 Å². The molecule has 35 heavy (non-hydrogen) atoms. The number of thioether (sulfide) groups is 1. The molecule has 1 saturated heterocycles. The molecule has 1 heterocycles. The van der Waals surface area contributed by atoms with Gasteiger partial charge in [0, 0.05) is 0 Å². The van der Waals surface area contributed by atoms with E-state index in [1.54, 1.807) is 60.7 Å². The molecule has 10 heteroatoms. The monoisotopic (exact) mass is 547 g/mol. The standard InChI is InChI=1S/C25H16Cl3NO5S/c1-33-17-6-4-16(5-7-17)24(31)34-21-9-3-14(10-20(21)28)12-22-23(30)29(25(32)35-22)13-15-2-8-18(26)19(27)11-15/h2-12H,13H2,1H3/b22-12-. The van der Waals surface area contributed by atoms with Gasteiger partial charge in [-0.1, -0.05) is 46.9 Å². The van der Waals surface area contributed by atoms with E-state index in [0.717, 1.165) is 16.7 Å². The fraction of sp³-hybridized carbons (Fsp3) is 0.0800. The summed E-state index contributed by atoms with van der Waals surface area (Å²) in [7, 11) is 1.53. The normalized spacial score (nSPS) is 14.5. The number of carbonyl (C=O) groups is 3. The molecule has 0 aliphatic carbocycles. The number of nitrogens with zero attached hydrogens (tertiary/aromatic N) is 1. The summed E-state index contributed by atoms with van der Waals surface area (Å²) in [6, 6.07) is 16.1. The molecule has 178 valence electrons. The zero-order chi connectivity index (χ0) is 25.1. The molecule has 0 bridgehead atoms. The van der Waals surface area contributed by atoms with E-state index in [-0.39, 0.29) is 22.2 Å². The van der Waals surface area contributed by atoms with E-state index < -0.39 is 17.1 Å². The zero-order valence-corrected chi connectivity index (χ0v) is 21.2. The van der Waals surface area contributed by atoms with E-state index >= 15 is 0 Å².